The molecule has 21 heavy (non-hydrogen) atoms. The summed E-state index contributed by atoms with van der Waals surface area (Å²) in [5, 5.41) is 0. The summed E-state index contributed by atoms with van der Waals surface area (Å²) in [5.74, 6) is 1.75. The number of hydrogen-bond donors (Lipinski definition) is 0. The summed E-state index contributed by atoms with van der Waals surface area (Å²) in [4.78, 5) is 0. The standard InChI is InChI=1S/C14H21F3O3S/c1-10-2-4-11(5-3-10)12-6-8-13(9-7-12)20-21(18,19)14(15,16)17/h8,10-12H,2-7,9H2,1H3/t10?,11?,12-/m0/s1. The molecule has 0 aliphatic heterocycles. The molecule has 0 amide bonds. The zero-order chi connectivity index (χ0) is 15.7. The second-order valence-electron chi connectivity index (χ2n) is 6.21. The molecule has 1 fully saturated rings. The van der Waals surface area contributed by atoms with E-state index in [2.05, 4.69) is 11.1 Å². The molecule has 0 spiro atoms. The Hall–Kier alpha value is -0.720. The Labute approximate surface area is 123 Å². The van der Waals surface area contributed by atoms with Crippen LogP contribution in [0.3, 0.4) is 0 Å². The minimum absolute atomic E-state index is 0.0623. The summed E-state index contributed by atoms with van der Waals surface area (Å²) in [7, 11) is -5.52. The van der Waals surface area contributed by atoms with Crippen LogP contribution in [0, 0.1) is 17.8 Å². The van der Waals surface area contributed by atoms with Gasteiger partial charge in [0.05, 0.1) is 0 Å². The molecule has 0 aromatic heterocycles. The van der Waals surface area contributed by atoms with E-state index in [-0.39, 0.29) is 12.2 Å². The van der Waals surface area contributed by atoms with Crippen LogP contribution < -0.4 is 0 Å². The molecule has 0 bridgehead atoms. The van der Waals surface area contributed by atoms with Crippen LogP contribution in [-0.2, 0) is 14.3 Å². The summed E-state index contributed by atoms with van der Waals surface area (Å²) < 4.78 is 62.9. The highest BCUT2D eigenvalue weighted by atomic mass is 32.2. The van der Waals surface area contributed by atoms with Gasteiger partial charge in [-0.2, -0.15) is 21.6 Å². The molecule has 0 unspecified atom stereocenters. The quantitative estimate of drug-likeness (QED) is 0.571. The Morgan fingerprint density at radius 1 is 1.10 bits per heavy atom. The normalized spacial score (nSPS) is 31.6. The second-order valence-corrected chi connectivity index (χ2v) is 7.75. The lowest BCUT2D eigenvalue weighted by Crippen LogP contribution is -2.27. The van der Waals surface area contributed by atoms with Gasteiger partial charge in [-0.1, -0.05) is 19.8 Å². The van der Waals surface area contributed by atoms with Crippen molar-refractivity contribution in [1.82, 2.24) is 0 Å². The largest absolute Gasteiger partial charge is 0.534 e. The highest BCUT2D eigenvalue weighted by Crippen LogP contribution is 2.40. The van der Waals surface area contributed by atoms with Crippen LogP contribution in [0.25, 0.3) is 0 Å². The number of allylic oxidation sites excluding steroid dienone is 2. The molecule has 3 nitrogen and oxygen atoms in total. The smallest absolute Gasteiger partial charge is 0.381 e. The van der Waals surface area contributed by atoms with E-state index >= 15 is 0 Å². The van der Waals surface area contributed by atoms with Crippen LogP contribution >= 0.6 is 0 Å². The molecule has 0 saturated heterocycles. The minimum Gasteiger partial charge on any atom is -0.381 e. The lowest BCUT2D eigenvalue weighted by molar-refractivity contribution is -0.0525. The van der Waals surface area contributed by atoms with Gasteiger partial charge in [0.2, 0.25) is 0 Å². The summed E-state index contributed by atoms with van der Waals surface area (Å²) in [5.41, 5.74) is -5.36. The molecule has 2 aliphatic carbocycles. The van der Waals surface area contributed by atoms with Crippen LogP contribution in [0.5, 0.6) is 0 Å². The van der Waals surface area contributed by atoms with E-state index in [0.717, 1.165) is 18.8 Å². The van der Waals surface area contributed by atoms with E-state index in [1.807, 2.05) is 0 Å². The lowest BCUT2D eigenvalue weighted by atomic mass is 9.72. The van der Waals surface area contributed by atoms with E-state index in [1.165, 1.54) is 18.9 Å². The minimum atomic E-state index is -5.52. The molecule has 0 aromatic rings. The van der Waals surface area contributed by atoms with Crippen molar-refractivity contribution in [3.8, 4) is 0 Å². The third kappa shape index (κ3) is 4.14. The van der Waals surface area contributed by atoms with E-state index in [9.17, 15) is 21.6 Å². The maximum Gasteiger partial charge on any atom is 0.534 e. The fourth-order valence-electron chi connectivity index (χ4n) is 3.28. The Balaban J connectivity index is 1.91. The Morgan fingerprint density at radius 2 is 1.71 bits per heavy atom. The Morgan fingerprint density at radius 3 is 2.19 bits per heavy atom. The second kappa shape index (κ2) is 6.18. The van der Waals surface area contributed by atoms with Gasteiger partial charge in [0.1, 0.15) is 5.76 Å². The summed E-state index contributed by atoms with van der Waals surface area (Å²) >= 11 is 0. The third-order valence-corrected chi connectivity index (χ3v) is 5.64. The van der Waals surface area contributed by atoms with E-state index in [4.69, 9.17) is 0 Å². The van der Waals surface area contributed by atoms with Gasteiger partial charge < -0.3 is 4.18 Å². The average molecular weight is 326 g/mol. The summed E-state index contributed by atoms with van der Waals surface area (Å²) in [6.07, 6.45) is 7.85. The van der Waals surface area contributed by atoms with Gasteiger partial charge in [-0.3, -0.25) is 0 Å². The molecule has 122 valence electrons. The fourth-order valence-corrected chi connectivity index (χ4v) is 3.81. The summed E-state index contributed by atoms with van der Waals surface area (Å²) in [6, 6.07) is 0. The number of hydrogen-bond acceptors (Lipinski definition) is 3. The van der Waals surface area contributed by atoms with Crippen molar-refractivity contribution in [3.05, 3.63) is 11.8 Å². The topological polar surface area (TPSA) is 43.4 Å². The first-order valence-electron chi connectivity index (χ1n) is 7.39. The summed E-state index contributed by atoms with van der Waals surface area (Å²) in [6.45, 7) is 2.24. The van der Waals surface area contributed by atoms with Gasteiger partial charge >= 0.3 is 15.6 Å². The highest BCUT2D eigenvalue weighted by molar-refractivity contribution is 7.87. The Kier molecular flexibility index (Phi) is 4.90. The molecule has 0 radical (unpaired) electrons. The van der Waals surface area contributed by atoms with Gasteiger partial charge in [-0.25, -0.2) is 0 Å². The Bertz CT molecular complexity index is 488. The fraction of sp³-hybridized carbons (Fsp3) is 0.857. The van der Waals surface area contributed by atoms with Crippen LogP contribution in [0.4, 0.5) is 13.2 Å². The van der Waals surface area contributed by atoms with Crippen molar-refractivity contribution in [1.29, 1.82) is 0 Å². The van der Waals surface area contributed by atoms with Gasteiger partial charge in [-0.15, -0.1) is 0 Å². The SMILES string of the molecule is CC1CCC([C@H]2CC=C(OS(=O)(=O)C(F)(F)F)CC2)CC1. The van der Waals surface area contributed by atoms with Crippen molar-refractivity contribution in [2.45, 2.75) is 57.4 Å². The van der Waals surface area contributed by atoms with Crippen LogP contribution in [-0.4, -0.2) is 13.9 Å². The van der Waals surface area contributed by atoms with Crippen molar-refractivity contribution >= 4 is 10.1 Å². The van der Waals surface area contributed by atoms with Gasteiger partial charge in [0.15, 0.2) is 0 Å². The molecule has 0 aromatic carbocycles. The molecule has 7 heteroatoms. The molecular weight excluding hydrogens is 305 g/mol. The maximum atomic E-state index is 12.3. The van der Waals surface area contributed by atoms with Gasteiger partial charge in [0.25, 0.3) is 0 Å². The zero-order valence-electron chi connectivity index (χ0n) is 12.0. The molecule has 0 N–H and O–H groups in total. The first kappa shape index (κ1) is 16.6. The molecule has 1 atom stereocenters. The van der Waals surface area contributed by atoms with Gasteiger partial charge in [-0.05, 0) is 49.5 Å². The monoisotopic (exact) mass is 326 g/mol. The molecule has 2 rings (SSSR count). The van der Waals surface area contributed by atoms with E-state index in [0.29, 0.717) is 24.7 Å². The lowest BCUT2D eigenvalue weighted by Gasteiger charge is -2.34. The zero-order valence-corrected chi connectivity index (χ0v) is 12.8. The van der Waals surface area contributed by atoms with Crippen molar-refractivity contribution in [2.24, 2.45) is 17.8 Å². The number of rotatable bonds is 3. The van der Waals surface area contributed by atoms with Crippen molar-refractivity contribution in [3.63, 3.8) is 0 Å². The predicted molar refractivity (Wildman–Crippen MR) is 72.6 cm³/mol. The van der Waals surface area contributed by atoms with Crippen LogP contribution in [0.1, 0.15) is 51.9 Å². The molecular formula is C14H21F3O3S. The van der Waals surface area contributed by atoms with Crippen LogP contribution in [0.15, 0.2) is 11.8 Å². The highest BCUT2D eigenvalue weighted by Gasteiger charge is 2.49. The molecule has 1 saturated carbocycles. The average Bonchev–Trinajstić information content (AvgIpc) is 2.39. The first-order valence-corrected chi connectivity index (χ1v) is 8.79. The maximum absolute atomic E-state index is 12.3. The predicted octanol–water partition coefficient (Wildman–Crippen LogP) is 4.36. The van der Waals surface area contributed by atoms with Crippen molar-refractivity contribution < 1.29 is 25.8 Å². The van der Waals surface area contributed by atoms with Crippen LogP contribution in [0.2, 0.25) is 0 Å². The number of halogens is 3. The van der Waals surface area contributed by atoms with E-state index in [1.54, 1.807) is 0 Å². The van der Waals surface area contributed by atoms with Gasteiger partial charge in [0, 0.05) is 6.42 Å². The number of alkyl halides is 3. The first-order chi connectivity index (χ1) is 9.69. The molecule has 2 aliphatic rings. The van der Waals surface area contributed by atoms with Crippen molar-refractivity contribution in [2.75, 3.05) is 0 Å². The van der Waals surface area contributed by atoms with E-state index < -0.39 is 15.6 Å². The third-order valence-electron chi connectivity index (χ3n) is 4.64. The molecule has 0 heterocycles.